The monoisotopic (exact) mass is 350 g/mol. The Kier molecular flexibility index (Phi) is 5.06. The number of carboxylic acids is 1. The summed E-state index contributed by atoms with van der Waals surface area (Å²) in [5.41, 5.74) is -0.618. The van der Waals surface area contributed by atoms with Crippen LogP contribution in [0.25, 0.3) is 0 Å². The molecule has 0 radical (unpaired) electrons. The number of hydrogen-bond donors (Lipinski definition) is 1. The van der Waals surface area contributed by atoms with Gasteiger partial charge in [0.25, 0.3) is 5.91 Å². The van der Waals surface area contributed by atoms with Crippen molar-refractivity contribution in [3.8, 4) is 0 Å². The van der Waals surface area contributed by atoms with Crippen LogP contribution < -0.4 is 0 Å². The number of carboxylic acid groups (broad SMARTS) is 1. The highest BCUT2D eigenvalue weighted by Gasteiger charge is 2.53. The smallest absolute Gasteiger partial charge is 0.328 e. The van der Waals surface area contributed by atoms with Gasteiger partial charge in [-0.25, -0.2) is 9.18 Å². The molecule has 0 saturated carbocycles. The number of hydrogen-bond acceptors (Lipinski definition) is 4. The fourth-order valence-electron chi connectivity index (χ4n) is 3.73. The van der Waals surface area contributed by atoms with E-state index >= 15 is 0 Å². The molecule has 25 heavy (non-hydrogen) atoms. The number of carbonyl (C=O) groups excluding carboxylic acids is 1. The maximum Gasteiger partial charge on any atom is 0.328 e. The van der Waals surface area contributed by atoms with Crippen LogP contribution in [0.1, 0.15) is 36.5 Å². The average Bonchev–Trinajstić information content (AvgIpc) is 2.96. The summed E-state index contributed by atoms with van der Waals surface area (Å²) >= 11 is 0. The third kappa shape index (κ3) is 3.39. The van der Waals surface area contributed by atoms with Crippen molar-refractivity contribution in [2.45, 2.75) is 38.0 Å². The van der Waals surface area contributed by atoms with Gasteiger partial charge in [-0.05, 0) is 37.2 Å². The Hall–Kier alpha value is -1.99. The third-order valence-electron chi connectivity index (χ3n) is 5.03. The van der Waals surface area contributed by atoms with Gasteiger partial charge in [-0.2, -0.15) is 0 Å². The Morgan fingerprint density at radius 1 is 1.28 bits per heavy atom. The number of aliphatic carboxylic acids is 1. The molecule has 2 aliphatic heterocycles. The first-order valence-corrected chi connectivity index (χ1v) is 8.65. The van der Waals surface area contributed by atoms with E-state index in [2.05, 4.69) is 11.8 Å². The highest BCUT2D eigenvalue weighted by Crippen LogP contribution is 2.38. The summed E-state index contributed by atoms with van der Waals surface area (Å²) in [5.74, 6) is -1.94. The predicted octanol–water partition coefficient (Wildman–Crippen LogP) is 1.95. The summed E-state index contributed by atoms with van der Waals surface area (Å²) in [6.07, 6.45) is 2.19. The number of likely N-dealkylation sites (tertiary alicyclic amines) is 1. The second-order valence-corrected chi connectivity index (χ2v) is 6.63. The standard InChI is InChI=1S/C18H23FN2O4/c1-2-9-20-10-7-18(8-11-20)21(15(12-25-18)17(23)24)16(22)13-3-5-14(19)6-4-13/h3-6,15H,2,7-12H2,1H3,(H,23,24). The first-order valence-electron chi connectivity index (χ1n) is 8.65. The maximum atomic E-state index is 13.1. The third-order valence-corrected chi connectivity index (χ3v) is 5.03. The Balaban J connectivity index is 1.87. The van der Waals surface area contributed by atoms with Crippen molar-refractivity contribution in [1.29, 1.82) is 0 Å². The Morgan fingerprint density at radius 2 is 1.92 bits per heavy atom. The predicted molar refractivity (Wildman–Crippen MR) is 88.6 cm³/mol. The number of halogens is 1. The fourth-order valence-corrected chi connectivity index (χ4v) is 3.73. The van der Waals surface area contributed by atoms with Crippen molar-refractivity contribution in [2.24, 2.45) is 0 Å². The van der Waals surface area contributed by atoms with Crippen molar-refractivity contribution in [2.75, 3.05) is 26.2 Å². The SMILES string of the molecule is CCCN1CCC2(CC1)OCC(C(=O)O)N2C(=O)c1ccc(F)cc1. The fraction of sp³-hybridized carbons (Fsp3) is 0.556. The van der Waals surface area contributed by atoms with E-state index in [1.165, 1.54) is 29.2 Å². The zero-order valence-electron chi connectivity index (χ0n) is 14.3. The number of carbonyl (C=O) groups is 2. The number of nitrogens with zero attached hydrogens (tertiary/aromatic N) is 2. The molecule has 6 nitrogen and oxygen atoms in total. The van der Waals surface area contributed by atoms with E-state index in [1.54, 1.807) is 0 Å². The van der Waals surface area contributed by atoms with Crippen molar-refractivity contribution >= 4 is 11.9 Å². The second-order valence-electron chi connectivity index (χ2n) is 6.63. The summed E-state index contributed by atoms with van der Waals surface area (Å²) in [5, 5.41) is 9.53. The van der Waals surface area contributed by atoms with Crippen LogP contribution in [0, 0.1) is 5.82 Å². The van der Waals surface area contributed by atoms with Gasteiger partial charge in [-0.1, -0.05) is 6.92 Å². The van der Waals surface area contributed by atoms with Gasteiger partial charge in [0, 0.05) is 31.5 Å². The molecule has 1 aromatic carbocycles. The molecule has 7 heteroatoms. The van der Waals surface area contributed by atoms with E-state index < -0.39 is 29.5 Å². The van der Waals surface area contributed by atoms with Crippen LogP contribution in [0.2, 0.25) is 0 Å². The zero-order chi connectivity index (χ0) is 18.0. The van der Waals surface area contributed by atoms with Gasteiger partial charge in [0.1, 0.15) is 11.5 Å². The summed E-state index contributed by atoms with van der Waals surface area (Å²) in [6, 6.07) is 4.16. The highest BCUT2D eigenvalue weighted by atomic mass is 19.1. The van der Waals surface area contributed by atoms with E-state index in [0.29, 0.717) is 12.8 Å². The lowest BCUT2D eigenvalue weighted by molar-refractivity contribution is -0.143. The Morgan fingerprint density at radius 3 is 2.48 bits per heavy atom. The van der Waals surface area contributed by atoms with Crippen LogP contribution in [0.3, 0.4) is 0 Å². The van der Waals surface area contributed by atoms with Crippen LogP contribution in [0.5, 0.6) is 0 Å². The number of piperidine rings is 1. The quantitative estimate of drug-likeness (QED) is 0.899. The van der Waals surface area contributed by atoms with Crippen LogP contribution in [-0.2, 0) is 9.53 Å². The molecule has 136 valence electrons. The van der Waals surface area contributed by atoms with Crippen molar-refractivity contribution in [1.82, 2.24) is 9.80 Å². The van der Waals surface area contributed by atoms with Crippen molar-refractivity contribution in [3.63, 3.8) is 0 Å². The van der Waals surface area contributed by atoms with E-state index in [0.717, 1.165) is 26.1 Å². The first-order chi connectivity index (χ1) is 12.0. The molecule has 2 aliphatic rings. The molecule has 0 aromatic heterocycles. The Bertz CT molecular complexity index is 641. The van der Waals surface area contributed by atoms with Crippen LogP contribution in [-0.4, -0.2) is 64.8 Å². The minimum absolute atomic E-state index is 0.0178. The molecule has 0 bridgehead atoms. The molecule has 1 unspecified atom stereocenters. The minimum Gasteiger partial charge on any atom is -0.480 e. The summed E-state index contributed by atoms with van der Waals surface area (Å²) < 4.78 is 19.0. The van der Waals surface area contributed by atoms with Crippen LogP contribution >= 0.6 is 0 Å². The molecule has 1 N–H and O–H groups in total. The molecule has 0 aliphatic carbocycles. The summed E-state index contributed by atoms with van der Waals surface area (Å²) in [4.78, 5) is 28.3. The number of benzene rings is 1. The molecule has 1 atom stereocenters. The van der Waals surface area contributed by atoms with Gasteiger partial charge in [-0.15, -0.1) is 0 Å². The van der Waals surface area contributed by atoms with Gasteiger partial charge in [0.2, 0.25) is 0 Å². The van der Waals surface area contributed by atoms with E-state index in [-0.39, 0.29) is 12.2 Å². The Labute approximate surface area is 146 Å². The lowest BCUT2D eigenvalue weighted by Crippen LogP contribution is -2.58. The van der Waals surface area contributed by atoms with Gasteiger partial charge >= 0.3 is 5.97 Å². The maximum absolute atomic E-state index is 13.1. The van der Waals surface area contributed by atoms with Gasteiger partial charge in [0.15, 0.2) is 6.04 Å². The lowest BCUT2D eigenvalue weighted by atomic mass is 9.96. The van der Waals surface area contributed by atoms with Crippen molar-refractivity contribution in [3.05, 3.63) is 35.6 Å². The zero-order valence-corrected chi connectivity index (χ0v) is 14.3. The molecule has 2 fully saturated rings. The largest absolute Gasteiger partial charge is 0.480 e. The molecule has 1 spiro atoms. The highest BCUT2D eigenvalue weighted by molar-refractivity contribution is 5.97. The average molecular weight is 350 g/mol. The summed E-state index contributed by atoms with van der Waals surface area (Å²) in [7, 11) is 0. The van der Waals surface area contributed by atoms with Gasteiger partial charge in [-0.3, -0.25) is 9.69 Å². The van der Waals surface area contributed by atoms with E-state index in [9.17, 15) is 19.1 Å². The normalized spacial score (nSPS) is 23.1. The molecular formula is C18H23FN2O4. The molecule has 2 heterocycles. The second kappa shape index (κ2) is 7.09. The number of amides is 1. The van der Waals surface area contributed by atoms with Crippen molar-refractivity contribution < 1.29 is 23.8 Å². The molecule has 1 amide bonds. The molecule has 2 saturated heterocycles. The number of ether oxygens (including phenoxy) is 1. The van der Waals surface area contributed by atoms with Crippen LogP contribution in [0.4, 0.5) is 4.39 Å². The minimum atomic E-state index is -1.08. The molecule has 3 rings (SSSR count). The molecular weight excluding hydrogens is 327 g/mol. The molecule has 1 aromatic rings. The van der Waals surface area contributed by atoms with Gasteiger partial charge in [0.05, 0.1) is 6.61 Å². The van der Waals surface area contributed by atoms with Crippen LogP contribution in [0.15, 0.2) is 24.3 Å². The summed E-state index contributed by atoms with van der Waals surface area (Å²) in [6.45, 7) is 4.59. The van der Waals surface area contributed by atoms with E-state index in [1.807, 2.05) is 0 Å². The van der Waals surface area contributed by atoms with Gasteiger partial charge < -0.3 is 14.7 Å². The lowest BCUT2D eigenvalue weighted by Gasteiger charge is -2.44. The number of rotatable bonds is 4. The topological polar surface area (TPSA) is 70.1 Å². The van der Waals surface area contributed by atoms with E-state index in [4.69, 9.17) is 4.74 Å². The first kappa shape index (κ1) is 17.8.